The zero-order valence-electron chi connectivity index (χ0n) is 11.7. The van der Waals surface area contributed by atoms with Crippen molar-refractivity contribution in [2.75, 3.05) is 11.1 Å². The van der Waals surface area contributed by atoms with Crippen LogP contribution in [0.25, 0.3) is 0 Å². The number of anilines is 1. The molecule has 2 N–H and O–H groups in total. The smallest absolute Gasteiger partial charge is 0.327 e. The molecule has 0 spiro atoms. The summed E-state index contributed by atoms with van der Waals surface area (Å²) in [5, 5.41) is 11.6. The first-order valence-electron chi connectivity index (χ1n) is 6.45. The first-order chi connectivity index (χ1) is 9.90. The number of benzene rings is 1. The highest BCUT2D eigenvalue weighted by molar-refractivity contribution is 8.00. The largest absolute Gasteiger partial charge is 0.480 e. The second kappa shape index (κ2) is 6.17. The number of nitrogens with one attached hydrogen (secondary N) is 1. The molecule has 1 heterocycles. The summed E-state index contributed by atoms with van der Waals surface area (Å²) in [6, 6.07) is 5.22. The Bertz CT molecular complexity index is 573. The Morgan fingerprint density at radius 2 is 1.90 bits per heavy atom. The van der Waals surface area contributed by atoms with Crippen molar-refractivity contribution in [3.05, 3.63) is 29.8 Å². The van der Waals surface area contributed by atoms with Crippen molar-refractivity contribution in [1.29, 1.82) is 0 Å². The van der Waals surface area contributed by atoms with Gasteiger partial charge in [-0.15, -0.1) is 11.8 Å². The van der Waals surface area contributed by atoms with E-state index >= 15 is 0 Å². The van der Waals surface area contributed by atoms with Crippen LogP contribution in [0.4, 0.5) is 10.5 Å². The molecule has 0 radical (unpaired) electrons. The van der Waals surface area contributed by atoms with E-state index in [1.54, 1.807) is 31.2 Å². The number of nitrogens with zero attached hydrogens (tertiary/aromatic N) is 1. The molecule has 2 amide bonds. The zero-order chi connectivity index (χ0) is 15.6. The van der Waals surface area contributed by atoms with Crippen LogP contribution in [0.15, 0.2) is 24.3 Å². The molecule has 1 aromatic carbocycles. The van der Waals surface area contributed by atoms with Crippen molar-refractivity contribution < 1.29 is 19.5 Å². The number of rotatable bonds is 3. The number of hydrogen-bond acceptors (Lipinski definition) is 4. The highest BCUT2D eigenvalue weighted by Gasteiger charge is 2.39. The van der Waals surface area contributed by atoms with Gasteiger partial charge in [-0.1, -0.05) is 0 Å². The van der Waals surface area contributed by atoms with Crippen LogP contribution in [-0.4, -0.2) is 45.0 Å². The monoisotopic (exact) mass is 308 g/mol. The highest BCUT2D eigenvalue weighted by Crippen LogP contribution is 2.29. The van der Waals surface area contributed by atoms with Crippen molar-refractivity contribution in [1.82, 2.24) is 4.90 Å². The average Bonchev–Trinajstić information content (AvgIpc) is 2.81. The second-order valence-corrected chi connectivity index (χ2v) is 6.11. The number of ketones is 1. The quantitative estimate of drug-likeness (QED) is 0.836. The van der Waals surface area contributed by atoms with Crippen molar-refractivity contribution >= 4 is 35.2 Å². The van der Waals surface area contributed by atoms with Crippen molar-refractivity contribution in [2.45, 2.75) is 25.3 Å². The summed E-state index contributed by atoms with van der Waals surface area (Å²) in [5.41, 5.74) is 1.08. The van der Waals surface area contributed by atoms with E-state index in [2.05, 4.69) is 5.32 Å². The van der Waals surface area contributed by atoms with Gasteiger partial charge < -0.3 is 10.4 Å². The van der Waals surface area contributed by atoms with Gasteiger partial charge in [0.15, 0.2) is 5.78 Å². The maximum Gasteiger partial charge on any atom is 0.327 e. The molecule has 0 saturated carbocycles. The van der Waals surface area contributed by atoms with Crippen LogP contribution in [0, 0.1) is 0 Å². The fourth-order valence-electron chi connectivity index (χ4n) is 2.12. The molecule has 1 aliphatic rings. The van der Waals surface area contributed by atoms with Crippen LogP contribution < -0.4 is 5.32 Å². The SMILES string of the molecule is CC(=O)c1ccc(NC(=O)N2C(C)SCC2C(=O)O)cc1. The Labute approximate surface area is 126 Å². The van der Waals surface area contributed by atoms with Gasteiger partial charge in [-0.25, -0.2) is 9.59 Å². The van der Waals surface area contributed by atoms with Gasteiger partial charge in [-0.2, -0.15) is 0 Å². The molecule has 2 unspecified atom stereocenters. The predicted octanol–water partition coefficient (Wildman–Crippen LogP) is 2.27. The van der Waals surface area contributed by atoms with Gasteiger partial charge in [0.2, 0.25) is 0 Å². The summed E-state index contributed by atoms with van der Waals surface area (Å²) in [6.07, 6.45) is 0. The molecule has 112 valence electrons. The van der Waals surface area contributed by atoms with Gasteiger partial charge in [-0.3, -0.25) is 9.69 Å². The summed E-state index contributed by atoms with van der Waals surface area (Å²) in [5.74, 6) is -0.676. The van der Waals surface area contributed by atoms with Crippen molar-refractivity contribution in [3.63, 3.8) is 0 Å². The average molecular weight is 308 g/mol. The van der Waals surface area contributed by atoms with Crippen LogP contribution in [0.3, 0.4) is 0 Å². The molecule has 0 aliphatic carbocycles. The lowest BCUT2D eigenvalue weighted by molar-refractivity contribution is -0.141. The Morgan fingerprint density at radius 1 is 1.29 bits per heavy atom. The molecule has 2 rings (SSSR count). The number of Topliss-reactive ketones (excluding diaryl/α,β-unsaturated/α-hetero) is 1. The fraction of sp³-hybridized carbons (Fsp3) is 0.357. The van der Waals surface area contributed by atoms with Crippen molar-refractivity contribution in [2.24, 2.45) is 0 Å². The van der Waals surface area contributed by atoms with Crippen LogP contribution in [0.2, 0.25) is 0 Å². The standard InChI is InChI=1S/C14H16N2O4S/c1-8(17)10-3-5-11(6-4-10)15-14(20)16-9(2)21-7-12(16)13(18)19/h3-6,9,12H,7H2,1-2H3,(H,15,20)(H,18,19). The van der Waals surface area contributed by atoms with Gasteiger partial charge in [0.25, 0.3) is 0 Å². The minimum atomic E-state index is -1.01. The first kappa shape index (κ1) is 15.4. The van der Waals surface area contributed by atoms with E-state index in [9.17, 15) is 14.4 Å². The number of hydrogen-bond donors (Lipinski definition) is 2. The summed E-state index contributed by atoms with van der Waals surface area (Å²) in [7, 11) is 0. The Morgan fingerprint density at radius 3 is 2.43 bits per heavy atom. The number of carbonyl (C=O) groups excluding carboxylic acids is 2. The van der Waals surface area contributed by atoms with Crippen LogP contribution in [-0.2, 0) is 4.79 Å². The number of amides is 2. The summed E-state index contributed by atoms with van der Waals surface area (Å²) >= 11 is 1.43. The van der Waals surface area contributed by atoms with E-state index in [1.807, 2.05) is 0 Å². The molecule has 21 heavy (non-hydrogen) atoms. The number of carboxylic acid groups (broad SMARTS) is 1. The topological polar surface area (TPSA) is 86.7 Å². The van der Waals surface area contributed by atoms with E-state index in [4.69, 9.17) is 5.11 Å². The van der Waals surface area contributed by atoms with Crippen LogP contribution in [0.1, 0.15) is 24.2 Å². The van der Waals surface area contributed by atoms with Gasteiger partial charge in [-0.05, 0) is 38.1 Å². The first-order valence-corrected chi connectivity index (χ1v) is 7.49. The summed E-state index contributed by atoms with van der Waals surface area (Å²) in [4.78, 5) is 35.9. The molecule has 1 fully saturated rings. The molecule has 6 nitrogen and oxygen atoms in total. The Balaban J connectivity index is 2.09. The number of aliphatic carboxylic acids is 1. The number of carboxylic acids is 1. The third-order valence-electron chi connectivity index (χ3n) is 3.29. The zero-order valence-corrected chi connectivity index (χ0v) is 12.5. The summed E-state index contributed by atoms with van der Waals surface area (Å²) in [6.45, 7) is 3.26. The van der Waals surface area contributed by atoms with Crippen LogP contribution in [0.5, 0.6) is 0 Å². The normalized spacial score (nSPS) is 21.1. The fourth-order valence-corrected chi connectivity index (χ4v) is 3.28. The third-order valence-corrected chi connectivity index (χ3v) is 4.50. The minimum Gasteiger partial charge on any atom is -0.480 e. The van der Waals surface area contributed by atoms with Gasteiger partial charge in [0, 0.05) is 17.0 Å². The molecule has 0 bridgehead atoms. The maximum absolute atomic E-state index is 12.2. The lowest BCUT2D eigenvalue weighted by Gasteiger charge is -2.25. The third kappa shape index (κ3) is 3.36. The van der Waals surface area contributed by atoms with E-state index < -0.39 is 18.0 Å². The lowest BCUT2D eigenvalue weighted by atomic mass is 10.1. The van der Waals surface area contributed by atoms with Gasteiger partial charge in [0.05, 0.1) is 5.37 Å². The number of carbonyl (C=O) groups is 3. The minimum absolute atomic E-state index is 0.0524. The molecule has 1 saturated heterocycles. The van der Waals surface area contributed by atoms with E-state index in [1.165, 1.54) is 23.6 Å². The molecule has 1 aromatic rings. The van der Waals surface area contributed by atoms with E-state index in [0.717, 1.165) is 0 Å². The van der Waals surface area contributed by atoms with E-state index in [0.29, 0.717) is 17.0 Å². The molecular weight excluding hydrogens is 292 g/mol. The Hall–Kier alpha value is -2.02. The molecule has 2 atom stereocenters. The molecule has 0 aromatic heterocycles. The number of thioether (sulfide) groups is 1. The second-order valence-electron chi connectivity index (χ2n) is 4.76. The highest BCUT2D eigenvalue weighted by atomic mass is 32.2. The maximum atomic E-state index is 12.2. The lowest BCUT2D eigenvalue weighted by Crippen LogP contribution is -2.46. The van der Waals surface area contributed by atoms with Gasteiger partial charge >= 0.3 is 12.0 Å². The Kier molecular flexibility index (Phi) is 4.52. The van der Waals surface area contributed by atoms with Gasteiger partial charge in [0.1, 0.15) is 6.04 Å². The number of urea groups is 1. The summed E-state index contributed by atoms with van der Waals surface area (Å²) < 4.78 is 0. The van der Waals surface area contributed by atoms with E-state index in [-0.39, 0.29) is 11.2 Å². The van der Waals surface area contributed by atoms with Crippen molar-refractivity contribution in [3.8, 4) is 0 Å². The molecule has 7 heteroatoms. The van der Waals surface area contributed by atoms with Crippen LogP contribution >= 0.6 is 11.8 Å². The predicted molar refractivity (Wildman–Crippen MR) is 80.6 cm³/mol. The molecular formula is C14H16N2O4S. The molecule has 1 aliphatic heterocycles.